The molecule has 0 amide bonds. The van der Waals surface area contributed by atoms with Gasteiger partial charge < -0.3 is 10.2 Å². The van der Waals surface area contributed by atoms with Crippen molar-refractivity contribution in [1.82, 2.24) is 0 Å². The van der Waals surface area contributed by atoms with Gasteiger partial charge >= 0.3 is 26.2 Å². The van der Waals surface area contributed by atoms with Gasteiger partial charge in [-0.05, 0) is 5.92 Å². The molecule has 0 aliphatic carbocycles. The number of hydrogen-bond acceptors (Lipinski definition) is 2. The minimum Gasteiger partial charge on any atom is -0.852 e. The molecule has 1 atom stereocenters. The summed E-state index contributed by atoms with van der Waals surface area (Å²) >= 11 is 0. The molecule has 0 saturated carbocycles. The van der Waals surface area contributed by atoms with Gasteiger partial charge in [-0.15, -0.1) is 12.2 Å². The van der Waals surface area contributed by atoms with E-state index in [2.05, 4.69) is 20.8 Å². The summed E-state index contributed by atoms with van der Waals surface area (Å²) in [6.45, 7) is 13.3. The van der Waals surface area contributed by atoms with Gasteiger partial charge in [0.1, 0.15) is 0 Å². The summed E-state index contributed by atoms with van der Waals surface area (Å²) in [6, 6.07) is 0. The van der Waals surface area contributed by atoms with Gasteiger partial charge in [-0.3, -0.25) is 0 Å². The number of rotatable bonds is 4. The molecule has 0 fully saturated rings. The van der Waals surface area contributed by atoms with E-state index in [1.54, 1.807) is 27.7 Å². The molecule has 0 rings (SSSR count). The van der Waals surface area contributed by atoms with Gasteiger partial charge in [-0.1, -0.05) is 74.1 Å². The van der Waals surface area contributed by atoms with Crippen LogP contribution in [0.25, 0.3) is 0 Å². The van der Waals surface area contributed by atoms with Crippen molar-refractivity contribution in [2.24, 2.45) is 5.92 Å². The third-order valence-electron chi connectivity index (χ3n) is 1.75. The molecular weight excluding hydrogens is 409 g/mol. The van der Waals surface area contributed by atoms with E-state index in [1.807, 2.05) is 0 Å². The van der Waals surface area contributed by atoms with E-state index in [0.717, 1.165) is 5.92 Å². The topological polar surface area (TPSA) is 46.1 Å². The Balaban J connectivity index is -0.0000000806. The molecule has 0 saturated heterocycles. The van der Waals surface area contributed by atoms with Crippen LogP contribution in [0.1, 0.15) is 74.1 Å². The first-order valence-corrected chi connectivity index (χ1v) is 6.59. The Labute approximate surface area is 128 Å². The first-order chi connectivity index (χ1) is 7.27. The van der Waals surface area contributed by atoms with Crippen LogP contribution in [0.5, 0.6) is 0 Å². The predicted octanol–water partition coefficient (Wildman–Crippen LogP) is 2.35. The molecule has 2 nitrogen and oxygen atoms in total. The summed E-state index contributed by atoms with van der Waals surface area (Å²) in [5, 5.41) is 19.1. The Morgan fingerprint density at radius 1 is 0.824 bits per heavy atom. The summed E-state index contributed by atoms with van der Waals surface area (Å²) in [5.41, 5.74) is 0. The fraction of sp³-hybridized carbons (Fsp3) is 1.00. The summed E-state index contributed by atoms with van der Waals surface area (Å²) < 4.78 is 0. The van der Waals surface area contributed by atoms with Crippen LogP contribution in [-0.4, -0.2) is 38.4 Å². The van der Waals surface area contributed by atoms with Crippen molar-refractivity contribution in [2.75, 3.05) is 0 Å². The fourth-order valence-electron chi connectivity index (χ4n) is 0.757. The molecule has 0 aromatic rings. The van der Waals surface area contributed by atoms with Crippen LogP contribution < -0.4 is 10.2 Å². The molecule has 17 heavy (non-hydrogen) atoms. The minimum atomic E-state index is -0.417. The maximum atomic E-state index is 9.53. The smallest absolute Gasteiger partial charge is 0.852 e. The first-order valence-electron chi connectivity index (χ1n) is 6.59. The Morgan fingerprint density at radius 3 is 1.29 bits per heavy atom. The average molecular weight is 441 g/mol. The molecule has 0 spiro atoms. The van der Waals surface area contributed by atoms with Crippen molar-refractivity contribution in [3.8, 4) is 0 Å². The van der Waals surface area contributed by atoms with Gasteiger partial charge in [0.2, 0.25) is 0 Å². The zero-order valence-electron chi connectivity index (χ0n) is 12.8. The van der Waals surface area contributed by atoms with Gasteiger partial charge in [-0.25, -0.2) is 0 Å². The van der Waals surface area contributed by atoms with Crippen LogP contribution in [0.2, 0.25) is 0 Å². The number of unbranched alkanes of at least 4 members (excludes halogenated alkanes) is 1. The minimum absolute atomic E-state index is 0. The zero-order valence-corrected chi connectivity index (χ0v) is 16.3. The molecule has 0 aliphatic heterocycles. The number of hydrogen-bond donors (Lipinski definition) is 0. The summed E-state index contributed by atoms with van der Waals surface area (Å²) in [4.78, 5) is 0. The second kappa shape index (κ2) is 22.0. The summed E-state index contributed by atoms with van der Waals surface area (Å²) in [7, 11) is 0. The summed E-state index contributed by atoms with van der Waals surface area (Å²) in [5.74, 6) is 0.954. The molecule has 0 bridgehead atoms. The van der Waals surface area contributed by atoms with Gasteiger partial charge in [0.05, 0.1) is 0 Å². The van der Waals surface area contributed by atoms with Crippen molar-refractivity contribution in [3.63, 3.8) is 0 Å². The van der Waals surface area contributed by atoms with Crippen molar-refractivity contribution >= 4 is 26.2 Å². The molecular formula is C14H32BiO2. The van der Waals surface area contributed by atoms with Crippen molar-refractivity contribution in [2.45, 2.75) is 86.4 Å². The molecule has 3 heteroatoms. The molecule has 0 aromatic carbocycles. The first kappa shape index (κ1) is 26.4. The van der Waals surface area contributed by atoms with Crippen molar-refractivity contribution < 1.29 is 10.2 Å². The van der Waals surface area contributed by atoms with E-state index in [1.165, 1.54) is 25.7 Å². The van der Waals surface area contributed by atoms with Gasteiger partial charge in [0, 0.05) is 0 Å². The van der Waals surface area contributed by atoms with Crippen LogP contribution in [0.3, 0.4) is 0 Å². The molecule has 0 N–H and O–H groups in total. The van der Waals surface area contributed by atoms with Gasteiger partial charge in [0.25, 0.3) is 0 Å². The van der Waals surface area contributed by atoms with Crippen LogP contribution in [0, 0.1) is 5.92 Å². The van der Waals surface area contributed by atoms with Crippen LogP contribution in [0.15, 0.2) is 0 Å². The van der Waals surface area contributed by atoms with Crippen LogP contribution >= 0.6 is 0 Å². The predicted molar refractivity (Wildman–Crippen MR) is 75.0 cm³/mol. The van der Waals surface area contributed by atoms with Crippen LogP contribution in [-0.2, 0) is 0 Å². The van der Waals surface area contributed by atoms with E-state index in [0.29, 0.717) is 0 Å². The van der Waals surface area contributed by atoms with E-state index in [-0.39, 0.29) is 26.2 Å². The molecule has 0 heterocycles. The summed E-state index contributed by atoms with van der Waals surface area (Å²) in [6.07, 6.45) is 4.70. The average Bonchev–Trinajstić information content (AvgIpc) is 2.12. The van der Waals surface area contributed by atoms with Gasteiger partial charge in [0.15, 0.2) is 0 Å². The third kappa shape index (κ3) is 79.6. The second-order valence-electron chi connectivity index (χ2n) is 4.75. The molecule has 0 aliphatic rings. The van der Waals surface area contributed by atoms with E-state index >= 15 is 0 Å². The Bertz CT molecular complexity index is 94.9. The normalized spacial score (nSPS) is 10.8. The van der Waals surface area contributed by atoms with Gasteiger partial charge in [-0.2, -0.15) is 0 Å². The monoisotopic (exact) mass is 441 g/mol. The zero-order chi connectivity index (χ0) is 13.6. The van der Waals surface area contributed by atoms with E-state index < -0.39 is 12.2 Å². The Hall–Kier alpha value is 0.803. The SMILES string of the molecule is CC(C)[O-].CC(C)[O-].CCCCC(C)CC.[Bi+2]. The maximum Gasteiger partial charge on any atom is 2.00 e. The largest absolute Gasteiger partial charge is 2.00 e. The third-order valence-corrected chi connectivity index (χ3v) is 1.75. The van der Waals surface area contributed by atoms with E-state index in [9.17, 15) is 10.2 Å². The molecule has 1 unspecified atom stereocenters. The second-order valence-corrected chi connectivity index (χ2v) is 4.75. The molecule has 105 valence electrons. The molecule has 0 aromatic heterocycles. The Kier molecular flexibility index (Phi) is 34.2. The van der Waals surface area contributed by atoms with Crippen molar-refractivity contribution in [3.05, 3.63) is 0 Å². The fourth-order valence-corrected chi connectivity index (χ4v) is 0.757. The van der Waals surface area contributed by atoms with Crippen molar-refractivity contribution in [1.29, 1.82) is 0 Å². The Morgan fingerprint density at radius 2 is 1.12 bits per heavy atom. The standard InChI is InChI=1S/C8H18.2C3H7O.Bi/c1-4-6-7-8(3)5-2;2*1-3(2)4;/h8H,4-7H2,1-3H3;2*3H,1-2H3;/q;2*-1;+2. The van der Waals surface area contributed by atoms with Crippen LogP contribution in [0.4, 0.5) is 0 Å². The molecule has 3 radical (unpaired) electrons. The van der Waals surface area contributed by atoms with E-state index in [4.69, 9.17) is 0 Å². The maximum absolute atomic E-state index is 9.53. The quantitative estimate of drug-likeness (QED) is 0.629.